The van der Waals surface area contributed by atoms with Gasteiger partial charge in [-0.25, -0.2) is 4.79 Å². The van der Waals surface area contributed by atoms with E-state index >= 15 is 0 Å². The lowest BCUT2D eigenvalue weighted by Gasteiger charge is -2.25. The topological polar surface area (TPSA) is 93.0 Å². The van der Waals surface area contributed by atoms with Gasteiger partial charge < -0.3 is 23.8 Å². The molecule has 2 heterocycles. The highest BCUT2D eigenvalue weighted by molar-refractivity contribution is 6.07. The summed E-state index contributed by atoms with van der Waals surface area (Å²) in [6.07, 6.45) is 0.572. The highest BCUT2D eigenvalue weighted by Gasteiger charge is 2.28. The number of furan rings is 1. The predicted molar refractivity (Wildman–Crippen MR) is 84.8 cm³/mol. The summed E-state index contributed by atoms with van der Waals surface area (Å²) in [6, 6.07) is 4.63. The lowest BCUT2D eigenvalue weighted by atomic mass is 9.92. The minimum atomic E-state index is -1.29. The molecule has 23 heavy (non-hydrogen) atoms. The van der Waals surface area contributed by atoms with Gasteiger partial charge in [-0.05, 0) is 26.0 Å². The van der Waals surface area contributed by atoms with Gasteiger partial charge in [-0.15, -0.1) is 0 Å². The second kappa shape index (κ2) is 5.40. The summed E-state index contributed by atoms with van der Waals surface area (Å²) in [5.74, 6) is 0.453. The normalized spacial score (nSPS) is 13.6. The maximum absolute atomic E-state index is 11.6. The summed E-state index contributed by atoms with van der Waals surface area (Å²) >= 11 is 0. The summed E-state index contributed by atoms with van der Waals surface area (Å²) in [5.41, 5.74) is -0.333. The Bertz CT molecular complexity index is 912. The van der Waals surface area contributed by atoms with E-state index in [0.717, 1.165) is 0 Å². The van der Waals surface area contributed by atoms with E-state index in [1.165, 1.54) is 33.3 Å². The number of ether oxygens (including phenoxy) is 1. The van der Waals surface area contributed by atoms with E-state index in [0.29, 0.717) is 33.3 Å². The fraction of sp³-hybridized carbons (Fsp3) is 0.353. The number of hydrogen-bond donors (Lipinski definition) is 2. The van der Waals surface area contributed by atoms with Crippen LogP contribution < -0.4 is 10.4 Å². The van der Waals surface area contributed by atoms with Crippen LogP contribution in [0.5, 0.6) is 5.75 Å². The molecule has 0 amide bonds. The molecule has 3 aromatic rings. The average molecular weight is 318 g/mol. The van der Waals surface area contributed by atoms with Gasteiger partial charge in [0.2, 0.25) is 0 Å². The Morgan fingerprint density at radius 1 is 1.22 bits per heavy atom. The number of rotatable bonds is 4. The van der Waals surface area contributed by atoms with Crippen LogP contribution in [-0.2, 0) is 6.42 Å². The van der Waals surface area contributed by atoms with Crippen molar-refractivity contribution >= 4 is 21.9 Å². The summed E-state index contributed by atoms with van der Waals surface area (Å²) in [4.78, 5) is 11.6. The minimum absolute atomic E-state index is 0.119. The molecule has 0 unspecified atom stereocenters. The van der Waals surface area contributed by atoms with E-state index in [2.05, 4.69) is 0 Å². The number of fused-ring (bicyclic) bond motifs is 3. The number of hydrogen-bond acceptors (Lipinski definition) is 6. The van der Waals surface area contributed by atoms with Crippen molar-refractivity contribution in [3.63, 3.8) is 0 Å². The SMILES string of the molecule is COc1c(C[C@H](O)C(C)(C)O)c2ccc(=O)oc2c2ccoc12. The summed E-state index contributed by atoms with van der Waals surface area (Å²) in [7, 11) is 1.50. The van der Waals surface area contributed by atoms with Gasteiger partial charge >= 0.3 is 5.63 Å². The van der Waals surface area contributed by atoms with Gasteiger partial charge in [0.15, 0.2) is 11.3 Å². The molecular formula is C17H18O6. The van der Waals surface area contributed by atoms with Crippen LogP contribution in [0, 0.1) is 0 Å². The first-order valence-electron chi connectivity index (χ1n) is 7.23. The van der Waals surface area contributed by atoms with Gasteiger partial charge in [-0.2, -0.15) is 0 Å². The zero-order valence-corrected chi connectivity index (χ0v) is 13.1. The van der Waals surface area contributed by atoms with Crippen LogP contribution in [0.1, 0.15) is 19.4 Å². The van der Waals surface area contributed by atoms with Crippen LogP contribution in [0.25, 0.3) is 21.9 Å². The largest absolute Gasteiger partial charge is 0.492 e. The van der Waals surface area contributed by atoms with Crippen molar-refractivity contribution in [3.8, 4) is 5.75 Å². The Labute approximate surface area is 131 Å². The third-order valence-electron chi connectivity index (χ3n) is 3.97. The van der Waals surface area contributed by atoms with Crippen molar-refractivity contribution in [2.45, 2.75) is 32.0 Å². The Morgan fingerprint density at radius 2 is 1.96 bits per heavy atom. The number of benzene rings is 1. The molecule has 0 bridgehead atoms. The fourth-order valence-electron chi connectivity index (χ4n) is 2.64. The monoisotopic (exact) mass is 318 g/mol. The average Bonchev–Trinajstić information content (AvgIpc) is 2.95. The van der Waals surface area contributed by atoms with Gasteiger partial charge in [0.25, 0.3) is 0 Å². The first-order valence-corrected chi connectivity index (χ1v) is 7.23. The lowest BCUT2D eigenvalue weighted by molar-refractivity contribution is -0.0469. The Kier molecular flexibility index (Phi) is 3.66. The van der Waals surface area contributed by atoms with Crippen molar-refractivity contribution in [1.29, 1.82) is 0 Å². The number of aliphatic hydroxyl groups is 2. The maximum atomic E-state index is 11.6. The van der Waals surface area contributed by atoms with Gasteiger partial charge in [0.1, 0.15) is 5.58 Å². The van der Waals surface area contributed by atoms with E-state index in [-0.39, 0.29) is 6.42 Å². The lowest BCUT2D eigenvalue weighted by Crippen LogP contribution is -2.37. The molecule has 0 saturated heterocycles. The molecule has 1 aromatic carbocycles. The Morgan fingerprint density at radius 3 is 2.61 bits per heavy atom. The van der Waals surface area contributed by atoms with Crippen molar-refractivity contribution in [2.75, 3.05) is 7.11 Å². The van der Waals surface area contributed by atoms with Crippen LogP contribution >= 0.6 is 0 Å². The van der Waals surface area contributed by atoms with Crippen LogP contribution in [0.3, 0.4) is 0 Å². The van der Waals surface area contributed by atoms with Crippen LogP contribution in [0.2, 0.25) is 0 Å². The van der Waals surface area contributed by atoms with Crippen molar-refractivity contribution in [2.24, 2.45) is 0 Å². The predicted octanol–water partition coefficient (Wildman–Crippen LogP) is 2.22. The van der Waals surface area contributed by atoms with E-state index in [1.807, 2.05) is 0 Å². The van der Waals surface area contributed by atoms with Gasteiger partial charge in [-0.1, -0.05) is 0 Å². The van der Waals surface area contributed by atoms with E-state index in [9.17, 15) is 15.0 Å². The molecule has 0 aliphatic carbocycles. The number of aliphatic hydroxyl groups excluding tert-OH is 1. The zero-order chi connectivity index (χ0) is 16.8. The quantitative estimate of drug-likeness (QED) is 0.717. The molecule has 0 aliphatic rings. The number of methoxy groups -OCH3 is 1. The standard InChI is InChI=1S/C17H18O6/c1-17(2,20)12(18)8-11-9-4-5-13(19)23-14(9)10-6-7-22-16(10)15(11)21-3/h4-7,12,18,20H,8H2,1-3H3/t12-/m0/s1. The molecule has 0 saturated carbocycles. The van der Waals surface area contributed by atoms with Crippen LogP contribution in [0.4, 0.5) is 0 Å². The van der Waals surface area contributed by atoms with E-state index in [4.69, 9.17) is 13.6 Å². The molecule has 0 fully saturated rings. The molecule has 0 aliphatic heterocycles. The molecule has 2 N–H and O–H groups in total. The molecule has 0 radical (unpaired) electrons. The summed E-state index contributed by atoms with van der Waals surface area (Å²) in [5, 5.41) is 21.5. The Balaban J connectivity index is 2.34. The zero-order valence-electron chi connectivity index (χ0n) is 13.1. The van der Waals surface area contributed by atoms with Crippen molar-refractivity contribution in [3.05, 3.63) is 40.4 Å². The van der Waals surface area contributed by atoms with Crippen molar-refractivity contribution < 1.29 is 23.8 Å². The molecule has 0 spiro atoms. The molecule has 3 rings (SSSR count). The first kappa shape index (κ1) is 15.6. The minimum Gasteiger partial charge on any atom is -0.492 e. The van der Waals surface area contributed by atoms with Gasteiger partial charge in [-0.3, -0.25) is 0 Å². The van der Waals surface area contributed by atoms with E-state index in [1.54, 1.807) is 12.1 Å². The highest BCUT2D eigenvalue weighted by Crippen LogP contribution is 2.39. The smallest absolute Gasteiger partial charge is 0.336 e. The highest BCUT2D eigenvalue weighted by atomic mass is 16.5. The van der Waals surface area contributed by atoms with Gasteiger partial charge in [0, 0.05) is 23.4 Å². The molecule has 6 nitrogen and oxygen atoms in total. The van der Waals surface area contributed by atoms with E-state index < -0.39 is 17.3 Å². The molecular weight excluding hydrogens is 300 g/mol. The second-order valence-corrected chi connectivity index (χ2v) is 6.05. The maximum Gasteiger partial charge on any atom is 0.336 e. The Hall–Kier alpha value is -2.31. The summed E-state index contributed by atoms with van der Waals surface area (Å²) < 4.78 is 16.3. The fourth-order valence-corrected chi connectivity index (χ4v) is 2.64. The first-order chi connectivity index (χ1) is 10.8. The third-order valence-corrected chi connectivity index (χ3v) is 3.97. The molecule has 6 heteroatoms. The third kappa shape index (κ3) is 2.60. The van der Waals surface area contributed by atoms with Crippen LogP contribution in [0.15, 0.2) is 38.1 Å². The molecule has 122 valence electrons. The van der Waals surface area contributed by atoms with Crippen LogP contribution in [-0.4, -0.2) is 29.0 Å². The van der Waals surface area contributed by atoms with Crippen molar-refractivity contribution in [1.82, 2.24) is 0 Å². The molecule has 2 aromatic heterocycles. The molecule has 1 atom stereocenters. The summed E-state index contributed by atoms with van der Waals surface area (Å²) in [6.45, 7) is 3.05. The van der Waals surface area contributed by atoms with Gasteiger partial charge in [0.05, 0.1) is 30.5 Å². The second-order valence-electron chi connectivity index (χ2n) is 6.05.